The van der Waals surface area contributed by atoms with E-state index in [1.807, 2.05) is 66.7 Å². The van der Waals surface area contributed by atoms with E-state index in [4.69, 9.17) is 18.9 Å². The predicted molar refractivity (Wildman–Crippen MR) is 149 cm³/mol. The average Bonchev–Trinajstić information content (AvgIpc) is 2.95. The summed E-state index contributed by atoms with van der Waals surface area (Å²) in [7, 11) is 0. The number of carboxylic acid groups (broad SMARTS) is 1. The Morgan fingerprint density at radius 1 is 1.02 bits per heavy atom. The Balaban J connectivity index is 1.25. The quantitative estimate of drug-likeness (QED) is 0.309. The lowest BCUT2D eigenvalue weighted by molar-refractivity contribution is -0.192. The first-order valence-corrected chi connectivity index (χ1v) is 13.7. The lowest BCUT2D eigenvalue weighted by Crippen LogP contribution is -2.38. The minimum atomic E-state index is -1.02. The van der Waals surface area contributed by atoms with Gasteiger partial charge in [0.15, 0.2) is 6.29 Å². The van der Waals surface area contributed by atoms with E-state index < -0.39 is 24.0 Å². The highest BCUT2D eigenvalue weighted by Crippen LogP contribution is 2.35. The second kappa shape index (κ2) is 12.1. The van der Waals surface area contributed by atoms with E-state index in [9.17, 15) is 14.7 Å². The Bertz CT molecular complexity index is 1320. The number of ether oxygens (including phenoxy) is 4. The van der Waals surface area contributed by atoms with Crippen LogP contribution in [0.2, 0.25) is 0 Å². The van der Waals surface area contributed by atoms with Crippen LogP contribution in [0.5, 0.6) is 5.75 Å². The first kappa shape index (κ1) is 27.7. The number of cyclic esters (lactones) is 1. The molecule has 5 rings (SSSR count). The van der Waals surface area contributed by atoms with Crippen molar-refractivity contribution in [2.75, 3.05) is 19.7 Å². The van der Waals surface area contributed by atoms with Gasteiger partial charge < -0.3 is 29.0 Å². The molecule has 0 aromatic heterocycles. The first-order valence-electron chi connectivity index (χ1n) is 13.7. The SMILES string of the molecule is CC1(C)OC(=O)c2ccc(-c3ccc(CCN(C[C@H](OC4CCCCO4)c4ccccc4)C(=O)O)cc3)cc2O1. The van der Waals surface area contributed by atoms with Gasteiger partial charge in [-0.05, 0) is 60.1 Å². The van der Waals surface area contributed by atoms with Crippen LogP contribution in [-0.4, -0.2) is 53.8 Å². The zero-order valence-electron chi connectivity index (χ0n) is 22.9. The second-order valence-electron chi connectivity index (χ2n) is 10.6. The van der Waals surface area contributed by atoms with Crippen LogP contribution in [0.15, 0.2) is 72.8 Å². The Morgan fingerprint density at radius 3 is 2.48 bits per heavy atom. The van der Waals surface area contributed by atoms with Crippen molar-refractivity contribution in [3.05, 3.63) is 89.5 Å². The second-order valence-corrected chi connectivity index (χ2v) is 10.6. The maximum absolute atomic E-state index is 12.3. The summed E-state index contributed by atoms with van der Waals surface area (Å²) in [6.07, 6.45) is 1.68. The molecule has 1 saturated heterocycles. The van der Waals surface area contributed by atoms with Crippen molar-refractivity contribution >= 4 is 12.1 Å². The van der Waals surface area contributed by atoms with Crippen molar-refractivity contribution in [3.63, 3.8) is 0 Å². The molecule has 0 radical (unpaired) electrons. The van der Waals surface area contributed by atoms with Crippen molar-refractivity contribution in [3.8, 4) is 16.9 Å². The van der Waals surface area contributed by atoms with Crippen LogP contribution in [0.4, 0.5) is 4.79 Å². The highest BCUT2D eigenvalue weighted by Gasteiger charge is 2.34. The van der Waals surface area contributed by atoms with Gasteiger partial charge in [-0.15, -0.1) is 0 Å². The van der Waals surface area contributed by atoms with Crippen LogP contribution in [0.1, 0.15) is 60.7 Å². The van der Waals surface area contributed by atoms with Crippen molar-refractivity contribution < 1.29 is 33.6 Å². The van der Waals surface area contributed by atoms with Crippen LogP contribution >= 0.6 is 0 Å². The highest BCUT2D eigenvalue weighted by atomic mass is 16.7. The molecule has 1 N–H and O–H groups in total. The monoisotopic (exact) mass is 545 g/mol. The molecule has 0 spiro atoms. The van der Waals surface area contributed by atoms with Crippen LogP contribution in [0.25, 0.3) is 11.1 Å². The summed E-state index contributed by atoms with van der Waals surface area (Å²) in [4.78, 5) is 25.9. The number of amides is 1. The molecule has 0 aliphatic carbocycles. The van der Waals surface area contributed by atoms with E-state index in [2.05, 4.69) is 0 Å². The molecule has 2 aliphatic heterocycles. The molecule has 1 amide bonds. The van der Waals surface area contributed by atoms with E-state index in [0.29, 0.717) is 30.9 Å². The molecule has 1 unspecified atom stereocenters. The van der Waals surface area contributed by atoms with Crippen molar-refractivity contribution in [2.24, 2.45) is 0 Å². The average molecular weight is 546 g/mol. The molecular formula is C32H35NO7. The first-order chi connectivity index (χ1) is 19.3. The molecule has 2 aliphatic rings. The number of nitrogens with zero attached hydrogens (tertiary/aromatic N) is 1. The van der Waals surface area contributed by atoms with Crippen LogP contribution < -0.4 is 4.74 Å². The maximum Gasteiger partial charge on any atom is 0.407 e. The molecule has 8 nitrogen and oxygen atoms in total. The van der Waals surface area contributed by atoms with Gasteiger partial charge in [-0.1, -0.05) is 60.7 Å². The molecular weight excluding hydrogens is 510 g/mol. The van der Waals surface area contributed by atoms with E-state index in [-0.39, 0.29) is 12.8 Å². The molecule has 210 valence electrons. The minimum absolute atomic E-state index is 0.213. The molecule has 0 saturated carbocycles. The Labute approximate surface area is 234 Å². The van der Waals surface area contributed by atoms with Gasteiger partial charge in [-0.25, -0.2) is 9.59 Å². The number of hydrogen-bond donors (Lipinski definition) is 1. The summed E-state index contributed by atoms with van der Waals surface area (Å²) in [6, 6.07) is 23.1. The number of hydrogen-bond acceptors (Lipinski definition) is 6. The highest BCUT2D eigenvalue weighted by molar-refractivity contribution is 5.94. The predicted octanol–water partition coefficient (Wildman–Crippen LogP) is 6.45. The maximum atomic E-state index is 12.3. The van der Waals surface area contributed by atoms with Gasteiger partial charge in [-0.3, -0.25) is 0 Å². The third kappa shape index (κ3) is 6.81. The number of benzene rings is 3. The summed E-state index contributed by atoms with van der Waals surface area (Å²) in [5.74, 6) is -0.924. The van der Waals surface area contributed by atoms with Crippen molar-refractivity contribution in [1.29, 1.82) is 0 Å². The third-order valence-electron chi connectivity index (χ3n) is 7.14. The molecule has 40 heavy (non-hydrogen) atoms. The molecule has 0 bridgehead atoms. The topological polar surface area (TPSA) is 94.5 Å². The van der Waals surface area contributed by atoms with Crippen molar-refractivity contribution in [1.82, 2.24) is 4.90 Å². The summed E-state index contributed by atoms with van der Waals surface area (Å²) in [5, 5.41) is 9.99. The molecule has 2 atom stereocenters. The van der Waals surface area contributed by atoms with Crippen LogP contribution in [0, 0.1) is 0 Å². The Hall–Kier alpha value is -3.88. The Kier molecular flexibility index (Phi) is 8.38. The zero-order chi connectivity index (χ0) is 28.1. The van der Waals surface area contributed by atoms with E-state index in [1.165, 1.54) is 4.90 Å². The number of carbonyl (C=O) groups is 2. The molecule has 1 fully saturated rings. The van der Waals surface area contributed by atoms with E-state index in [0.717, 1.165) is 41.5 Å². The minimum Gasteiger partial charge on any atom is -0.465 e. The number of rotatable bonds is 9. The summed E-state index contributed by atoms with van der Waals surface area (Å²) >= 11 is 0. The lowest BCUT2D eigenvalue weighted by atomic mass is 10.0. The third-order valence-corrected chi connectivity index (χ3v) is 7.14. The van der Waals surface area contributed by atoms with Crippen LogP contribution in [-0.2, 0) is 20.6 Å². The molecule has 2 heterocycles. The Morgan fingerprint density at radius 2 is 1.77 bits per heavy atom. The zero-order valence-corrected chi connectivity index (χ0v) is 22.9. The largest absolute Gasteiger partial charge is 0.465 e. The van der Waals surface area contributed by atoms with Crippen molar-refractivity contribution in [2.45, 2.75) is 57.7 Å². The van der Waals surface area contributed by atoms with E-state index >= 15 is 0 Å². The molecule has 3 aromatic rings. The van der Waals surface area contributed by atoms with Gasteiger partial charge in [0.25, 0.3) is 0 Å². The standard InChI is InChI=1S/C32H35NO7/c1-32(2)39-27-20-25(15-16-26(27)30(34)40-32)23-13-11-22(12-14-23)17-18-33(31(35)36)21-28(24-8-4-3-5-9-24)38-29-10-6-7-19-37-29/h3-5,8-9,11-16,20,28-29H,6-7,10,17-19,21H2,1-2H3,(H,35,36)/t28-,29?/m0/s1. The number of esters is 1. The van der Waals surface area contributed by atoms with Gasteiger partial charge >= 0.3 is 12.1 Å². The normalized spacial score (nSPS) is 18.6. The summed E-state index contributed by atoms with van der Waals surface area (Å²) < 4.78 is 23.2. The molecule has 3 aromatic carbocycles. The van der Waals surface area contributed by atoms with Crippen LogP contribution in [0.3, 0.4) is 0 Å². The molecule has 8 heteroatoms. The fourth-order valence-electron chi connectivity index (χ4n) is 5.01. The number of fused-ring (bicyclic) bond motifs is 1. The van der Waals surface area contributed by atoms with Gasteiger partial charge in [0.2, 0.25) is 5.79 Å². The number of carbonyl (C=O) groups excluding carboxylic acids is 1. The van der Waals surface area contributed by atoms with Gasteiger partial charge in [-0.2, -0.15) is 0 Å². The summed E-state index contributed by atoms with van der Waals surface area (Å²) in [5.41, 5.74) is 4.23. The summed E-state index contributed by atoms with van der Waals surface area (Å²) in [6.45, 7) is 4.61. The van der Waals surface area contributed by atoms with Gasteiger partial charge in [0.05, 0.1) is 6.54 Å². The fourth-order valence-corrected chi connectivity index (χ4v) is 5.01. The van der Waals surface area contributed by atoms with Gasteiger partial charge in [0.1, 0.15) is 17.4 Å². The smallest absolute Gasteiger partial charge is 0.407 e. The fraction of sp³-hybridized carbons (Fsp3) is 0.375. The lowest BCUT2D eigenvalue weighted by Gasteiger charge is -2.31. The van der Waals surface area contributed by atoms with Gasteiger partial charge in [0, 0.05) is 27.0 Å². The van der Waals surface area contributed by atoms with E-state index in [1.54, 1.807) is 19.9 Å².